The smallest absolute Gasteiger partial charge is 0.320 e. The van der Waals surface area contributed by atoms with Gasteiger partial charge in [0, 0.05) is 0 Å². The van der Waals surface area contributed by atoms with E-state index >= 15 is 0 Å². The van der Waals surface area contributed by atoms with Gasteiger partial charge in [-0.05, 0) is 17.5 Å². The molecule has 4 nitrogen and oxygen atoms in total. The lowest BCUT2D eigenvalue weighted by atomic mass is 9.94. The van der Waals surface area contributed by atoms with E-state index in [-0.39, 0.29) is 0 Å². The maximum atomic E-state index is 11.3. The lowest BCUT2D eigenvalue weighted by Crippen LogP contribution is -2.40. The first-order valence-corrected chi connectivity index (χ1v) is 7.40. The first-order valence-electron chi connectivity index (χ1n) is 7.40. The van der Waals surface area contributed by atoms with Gasteiger partial charge in [-0.15, -0.1) is 0 Å². The first-order chi connectivity index (χ1) is 10.6. The number of hydrogen-bond acceptors (Lipinski definition) is 3. The van der Waals surface area contributed by atoms with E-state index in [1.807, 2.05) is 67.6 Å². The first kappa shape index (κ1) is 16.2. The van der Waals surface area contributed by atoms with Gasteiger partial charge >= 0.3 is 5.97 Å². The van der Waals surface area contributed by atoms with E-state index in [0.717, 1.165) is 11.1 Å². The zero-order valence-corrected chi connectivity index (χ0v) is 12.5. The molecule has 0 aliphatic rings. The second-order valence-corrected chi connectivity index (χ2v) is 5.21. The maximum Gasteiger partial charge on any atom is 0.320 e. The summed E-state index contributed by atoms with van der Waals surface area (Å²) in [4.78, 5) is 11.3. The lowest BCUT2D eigenvalue weighted by Gasteiger charge is -2.28. The van der Waals surface area contributed by atoms with E-state index in [4.69, 9.17) is 0 Å². The molecule has 2 aromatic rings. The number of carboxylic acids is 1. The predicted molar refractivity (Wildman–Crippen MR) is 85.4 cm³/mol. The monoisotopic (exact) mass is 299 g/mol. The number of aliphatic carboxylic acids is 1. The summed E-state index contributed by atoms with van der Waals surface area (Å²) in [6, 6.07) is 17.5. The van der Waals surface area contributed by atoms with Crippen molar-refractivity contribution in [2.45, 2.75) is 31.5 Å². The van der Waals surface area contributed by atoms with Crippen molar-refractivity contribution >= 4 is 5.97 Å². The molecule has 3 N–H and O–H groups in total. The minimum Gasteiger partial charge on any atom is -0.480 e. The van der Waals surface area contributed by atoms with Crippen LogP contribution >= 0.6 is 0 Å². The fraction of sp³-hybridized carbons (Fsp3) is 0.278. The fourth-order valence-electron chi connectivity index (χ4n) is 2.45. The molecule has 0 radical (unpaired) electrons. The minimum atomic E-state index is -0.913. The van der Waals surface area contributed by atoms with Crippen LogP contribution in [0, 0.1) is 0 Å². The van der Waals surface area contributed by atoms with Crippen LogP contribution in [0.4, 0.5) is 0 Å². The van der Waals surface area contributed by atoms with Gasteiger partial charge in [-0.2, -0.15) is 0 Å². The largest absolute Gasteiger partial charge is 0.480 e. The van der Waals surface area contributed by atoms with Crippen LogP contribution in [-0.4, -0.2) is 22.2 Å². The van der Waals surface area contributed by atoms with Gasteiger partial charge in [-0.1, -0.05) is 67.6 Å². The third kappa shape index (κ3) is 3.93. The molecule has 4 heteroatoms. The molecule has 0 aliphatic heterocycles. The molecule has 1 unspecified atom stereocenters. The summed E-state index contributed by atoms with van der Waals surface area (Å²) in [7, 11) is 0. The Morgan fingerprint density at radius 1 is 1.00 bits per heavy atom. The zero-order chi connectivity index (χ0) is 15.9. The molecule has 0 saturated heterocycles. The predicted octanol–water partition coefficient (Wildman–Crippen LogP) is 2.91. The summed E-state index contributed by atoms with van der Waals surface area (Å²) in [5.41, 5.74) is 1.61. The number of hydrogen-bond donors (Lipinski definition) is 3. The van der Waals surface area contributed by atoms with Gasteiger partial charge in [-0.3, -0.25) is 10.1 Å². The average molecular weight is 299 g/mol. The van der Waals surface area contributed by atoms with E-state index in [9.17, 15) is 15.0 Å². The van der Waals surface area contributed by atoms with Gasteiger partial charge in [-0.25, -0.2) is 0 Å². The van der Waals surface area contributed by atoms with Crippen molar-refractivity contribution < 1.29 is 15.0 Å². The molecule has 0 fully saturated rings. The fourth-order valence-corrected chi connectivity index (χ4v) is 2.45. The van der Waals surface area contributed by atoms with E-state index in [0.29, 0.717) is 6.42 Å². The van der Waals surface area contributed by atoms with E-state index in [1.165, 1.54) is 0 Å². The number of rotatable bonds is 7. The number of benzene rings is 2. The highest BCUT2D eigenvalue weighted by molar-refractivity contribution is 5.73. The molecule has 22 heavy (non-hydrogen) atoms. The van der Waals surface area contributed by atoms with Crippen LogP contribution in [0.5, 0.6) is 0 Å². The normalized spacial score (nSPS) is 15.0. The number of carboxylic acid groups (broad SMARTS) is 1. The lowest BCUT2D eigenvalue weighted by molar-refractivity contribution is -0.140. The third-order valence-corrected chi connectivity index (χ3v) is 3.70. The van der Waals surface area contributed by atoms with Crippen LogP contribution in [-0.2, 0) is 4.79 Å². The topological polar surface area (TPSA) is 69.6 Å². The van der Waals surface area contributed by atoms with Crippen molar-refractivity contribution in [1.29, 1.82) is 0 Å². The van der Waals surface area contributed by atoms with Gasteiger partial charge in [0.25, 0.3) is 0 Å². The van der Waals surface area contributed by atoms with Gasteiger partial charge in [0.1, 0.15) is 6.04 Å². The van der Waals surface area contributed by atoms with Gasteiger partial charge in [0.05, 0.1) is 12.1 Å². The molecule has 0 aliphatic carbocycles. The molecule has 0 spiro atoms. The molecule has 0 amide bonds. The van der Waals surface area contributed by atoms with Crippen molar-refractivity contribution in [3.63, 3.8) is 0 Å². The molecule has 2 rings (SSSR count). The molecule has 0 heterocycles. The van der Waals surface area contributed by atoms with Crippen molar-refractivity contribution in [2.24, 2.45) is 0 Å². The maximum absolute atomic E-state index is 11.3. The zero-order valence-electron chi connectivity index (χ0n) is 12.5. The Morgan fingerprint density at radius 2 is 1.50 bits per heavy atom. The van der Waals surface area contributed by atoms with Crippen LogP contribution in [0.3, 0.4) is 0 Å². The molecule has 0 saturated carbocycles. The van der Waals surface area contributed by atoms with E-state index < -0.39 is 24.2 Å². The summed E-state index contributed by atoms with van der Waals surface area (Å²) < 4.78 is 0. The van der Waals surface area contributed by atoms with Crippen molar-refractivity contribution in [3.05, 3.63) is 71.8 Å². The standard InChI is InChI=1S/C18H21NO3/c1-2-15(18(21)22)19-16(13-9-5-3-6-10-13)17(20)14-11-7-4-8-12-14/h3-12,15-17,19-20H,2H2,1H3,(H,21,22)/t15?,16-,17+/m0/s1. The summed E-state index contributed by atoms with van der Waals surface area (Å²) in [5, 5.41) is 23.0. The Bertz CT molecular complexity index is 586. The van der Waals surface area contributed by atoms with Gasteiger partial charge in [0.15, 0.2) is 0 Å². The molecule has 0 aromatic heterocycles. The van der Waals surface area contributed by atoms with Gasteiger partial charge in [0.2, 0.25) is 0 Å². The quantitative estimate of drug-likeness (QED) is 0.735. The molecular weight excluding hydrogens is 278 g/mol. The number of aliphatic hydroxyl groups is 1. The van der Waals surface area contributed by atoms with Crippen LogP contribution in [0.25, 0.3) is 0 Å². The SMILES string of the molecule is CCC(N[C@@H](c1ccccc1)[C@H](O)c1ccccc1)C(=O)O. The molecule has 2 aromatic carbocycles. The summed E-state index contributed by atoms with van der Waals surface area (Å²) in [6.07, 6.45) is -0.378. The molecule has 116 valence electrons. The number of carbonyl (C=O) groups is 1. The van der Waals surface area contributed by atoms with E-state index in [2.05, 4.69) is 5.32 Å². The Kier molecular flexibility index (Phi) is 5.69. The highest BCUT2D eigenvalue weighted by Gasteiger charge is 2.27. The molecule has 3 atom stereocenters. The van der Waals surface area contributed by atoms with Crippen LogP contribution < -0.4 is 5.32 Å². The second kappa shape index (κ2) is 7.73. The Labute approximate surface area is 130 Å². The van der Waals surface area contributed by atoms with Crippen molar-refractivity contribution in [2.75, 3.05) is 0 Å². The number of aliphatic hydroxyl groups excluding tert-OH is 1. The number of nitrogens with one attached hydrogen (secondary N) is 1. The third-order valence-electron chi connectivity index (χ3n) is 3.70. The average Bonchev–Trinajstić information content (AvgIpc) is 2.56. The Balaban J connectivity index is 2.31. The summed E-state index contributed by atoms with van der Waals surface area (Å²) in [6.45, 7) is 1.81. The van der Waals surface area contributed by atoms with Crippen LogP contribution in [0.1, 0.15) is 36.6 Å². The van der Waals surface area contributed by atoms with Crippen LogP contribution in [0.2, 0.25) is 0 Å². The van der Waals surface area contributed by atoms with Crippen LogP contribution in [0.15, 0.2) is 60.7 Å². The van der Waals surface area contributed by atoms with Crippen molar-refractivity contribution in [3.8, 4) is 0 Å². The van der Waals surface area contributed by atoms with Gasteiger partial charge < -0.3 is 10.2 Å². The molecule has 0 bridgehead atoms. The van der Waals surface area contributed by atoms with Crippen molar-refractivity contribution in [1.82, 2.24) is 5.32 Å². The summed E-state index contributed by atoms with van der Waals surface area (Å²) >= 11 is 0. The second-order valence-electron chi connectivity index (χ2n) is 5.21. The highest BCUT2D eigenvalue weighted by Crippen LogP contribution is 2.29. The Morgan fingerprint density at radius 3 is 1.95 bits per heavy atom. The Hall–Kier alpha value is -2.17. The van der Waals surface area contributed by atoms with E-state index in [1.54, 1.807) is 0 Å². The molecular formula is C18H21NO3. The highest BCUT2D eigenvalue weighted by atomic mass is 16.4. The summed E-state index contributed by atoms with van der Waals surface area (Å²) in [5.74, 6) is -0.913. The minimum absolute atomic E-state index is 0.445.